The monoisotopic (exact) mass is 384 g/mol. The molecule has 4 nitrogen and oxygen atoms in total. The first-order chi connectivity index (χ1) is 12.4. The van der Waals surface area contributed by atoms with E-state index in [1.807, 2.05) is 74.0 Å². The molecule has 0 aliphatic heterocycles. The van der Waals surface area contributed by atoms with E-state index < -0.39 is 0 Å². The van der Waals surface area contributed by atoms with Gasteiger partial charge in [0.05, 0.1) is 23.6 Å². The van der Waals surface area contributed by atoms with Crippen molar-refractivity contribution in [1.82, 2.24) is 9.78 Å². The van der Waals surface area contributed by atoms with Crippen molar-refractivity contribution in [2.24, 2.45) is 0 Å². The fraction of sp³-hybridized carbons (Fsp3) is 0.200. The molecule has 0 atom stereocenters. The number of benzene rings is 2. The number of nitrogens with zero attached hydrogens (tertiary/aromatic N) is 2. The molecule has 0 aliphatic carbocycles. The van der Waals surface area contributed by atoms with Crippen LogP contribution in [0.2, 0.25) is 5.02 Å². The van der Waals surface area contributed by atoms with Crippen LogP contribution < -0.4 is 10.6 Å². The highest BCUT2D eigenvalue weighted by Gasteiger charge is 2.13. The molecule has 0 unspecified atom stereocenters. The number of nitrogens with one attached hydrogen (secondary N) is 2. The Morgan fingerprint density at radius 1 is 1.04 bits per heavy atom. The molecule has 3 aromatic rings. The van der Waals surface area contributed by atoms with E-state index in [0.717, 1.165) is 38.9 Å². The molecule has 2 N–H and O–H groups in total. The maximum absolute atomic E-state index is 5.96. The van der Waals surface area contributed by atoms with Gasteiger partial charge in [-0.25, -0.2) is 0 Å². The van der Waals surface area contributed by atoms with Crippen LogP contribution in [-0.2, 0) is 6.54 Å². The summed E-state index contributed by atoms with van der Waals surface area (Å²) in [6, 6.07) is 15.8. The zero-order valence-corrected chi connectivity index (χ0v) is 16.6. The summed E-state index contributed by atoms with van der Waals surface area (Å²) >= 11 is 11.4. The number of para-hydroxylation sites is 1. The van der Waals surface area contributed by atoms with Crippen LogP contribution in [0.1, 0.15) is 22.5 Å². The molecular formula is C20H21ClN4S. The standard InChI is InChI=1S/C20H21ClN4S/c1-13-6-4-5-7-18(13)22-20(26)23-19-14(2)24-25(15(19)3)12-16-8-10-17(21)11-9-16/h4-11H,12H2,1-3H3,(H2,22,23,26). The molecule has 0 saturated carbocycles. The molecule has 0 radical (unpaired) electrons. The molecule has 3 rings (SSSR count). The van der Waals surface area contributed by atoms with Crippen LogP contribution in [0.25, 0.3) is 0 Å². The Kier molecular flexibility index (Phi) is 5.59. The lowest BCUT2D eigenvalue weighted by Crippen LogP contribution is -2.20. The zero-order chi connectivity index (χ0) is 18.7. The molecule has 0 saturated heterocycles. The minimum Gasteiger partial charge on any atom is -0.332 e. The van der Waals surface area contributed by atoms with Gasteiger partial charge in [0, 0.05) is 10.7 Å². The number of hydrogen-bond acceptors (Lipinski definition) is 2. The number of aryl methyl sites for hydroxylation is 2. The maximum atomic E-state index is 5.96. The van der Waals surface area contributed by atoms with Crippen molar-refractivity contribution < 1.29 is 0 Å². The number of hydrogen-bond donors (Lipinski definition) is 2. The quantitative estimate of drug-likeness (QED) is 0.597. The normalized spacial score (nSPS) is 10.6. The average Bonchev–Trinajstić information content (AvgIpc) is 2.86. The first kappa shape index (κ1) is 18.4. The van der Waals surface area contributed by atoms with Gasteiger partial charge < -0.3 is 10.6 Å². The van der Waals surface area contributed by atoms with Gasteiger partial charge in [0.15, 0.2) is 5.11 Å². The predicted octanol–water partition coefficient (Wildman–Crippen LogP) is 5.32. The van der Waals surface area contributed by atoms with Gasteiger partial charge >= 0.3 is 0 Å². The highest BCUT2D eigenvalue weighted by Crippen LogP contribution is 2.22. The Bertz CT molecular complexity index is 931. The Labute approximate surface area is 164 Å². The second kappa shape index (κ2) is 7.89. The van der Waals surface area contributed by atoms with Crippen molar-refractivity contribution in [2.45, 2.75) is 27.3 Å². The number of aromatic nitrogens is 2. The van der Waals surface area contributed by atoms with Gasteiger partial charge in [0.2, 0.25) is 0 Å². The first-order valence-electron chi connectivity index (χ1n) is 8.36. The second-order valence-electron chi connectivity index (χ2n) is 6.22. The number of anilines is 2. The van der Waals surface area contributed by atoms with E-state index in [4.69, 9.17) is 23.8 Å². The summed E-state index contributed by atoms with van der Waals surface area (Å²) in [5, 5.41) is 12.5. The van der Waals surface area contributed by atoms with Crippen LogP contribution >= 0.6 is 23.8 Å². The van der Waals surface area contributed by atoms with Crippen molar-refractivity contribution in [3.63, 3.8) is 0 Å². The Balaban J connectivity index is 1.74. The topological polar surface area (TPSA) is 41.9 Å². The smallest absolute Gasteiger partial charge is 0.175 e. The van der Waals surface area contributed by atoms with Crippen LogP contribution in [0.4, 0.5) is 11.4 Å². The number of halogens is 1. The largest absolute Gasteiger partial charge is 0.332 e. The average molecular weight is 385 g/mol. The molecule has 0 amide bonds. The minimum atomic E-state index is 0.552. The summed E-state index contributed by atoms with van der Waals surface area (Å²) in [6.45, 7) is 6.74. The molecular weight excluding hydrogens is 364 g/mol. The van der Waals surface area contributed by atoms with Gasteiger partial charge in [-0.1, -0.05) is 41.9 Å². The van der Waals surface area contributed by atoms with Gasteiger partial charge in [-0.05, 0) is 62.3 Å². The molecule has 134 valence electrons. The van der Waals surface area contributed by atoms with Gasteiger partial charge in [-0.15, -0.1) is 0 Å². The first-order valence-corrected chi connectivity index (χ1v) is 9.15. The fourth-order valence-electron chi connectivity index (χ4n) is 2.77. The van der Waals surface area contributed by atoms with Gasteiger partial charge in [-0.2, -0.15) is 5.10 Å². The zero-order valence-electron chi connectivity index (χ0n) is 15.0. The Morgan fingerprint density at radius 3 is 2.42 bits per heavy atom. The van der Waals surface area contributed by atoms with Crippen LogP contribution in [0.5, 0.6) is 0 Å². The van der Waals surface area contributed by atoms with E-state index in [9.17, 15) is 0 Å². The Morgan fingerprint density at radius 2 is 1.73 bits per heavy atom. The lowest BCUT2D eigenvalue weighted by molar-refractivity contribution is 0.659. The third kappa shape index (κ3) is 4.23. The number of rotatable bonds is 4. The van der Waals surface area contributed by atoms with E-state index >= 15 is 0 Å². The lowest BCUT2D eigenvalue weighted by atomic mass is 10.2. The second-order valence-corrected chi connectivity index (χ2v) is 7.07. The third-order valence-electron chi connectivity index (χ3n) is 4.26. The summed E-state index contributed by atoms with van der Waals surface area (Å²) in [4.78, 5) is 0. The summed E-state index contributed by atoms with van der Waals surface area (Å²) in [7, 11) is 0. The van der Waals surface area contributed by atoms with Gasteiger partial charge in [-0.3, -0.25) is 4.68 Å². The van der Waals surface area contributed by atoms with Crippen molar-refractivity contribution in [2.75, 3.05) is 10.6 Å². The van der Waals surface area contributed by atoms with E-state index in [1.54, 1.807) is 0 Å². The molecule has 2 aromatic carbocycles. The summed E-state index contributed by atoms with van der Waals surface area (Å²) in [5.41, 5.74) is 6.16. The van der Waals surface area contributed by atoms with Crippen LogP contribution in [0, 0.1) is 20.8 Å². The van der Waals surface area contributed by atoms with Crippen molar-refractivity contribution in [1.29, 1.82) is 0 Å². The SMILES string of the molecule is Cc1ccccc1NC(=S)Nc1c(C)nn(Cc2ccc(Cl)cc2)c1C. The third-order valence-corrected chi connectivity index (χ3v) is 4.71. The van der Waals surface area contributed by atoms with Crippen molar-refractivity contribution >= 4 is 40.3 Å². The summed E-state index contributed by atoms with van der Waals surface area (Å²) in [6.07, 6.45) is 0. The highest BCUT2D eigenvalue weighted by atomic mass is 35.5. The van der Waals surface area contributed by atoms with E-state index in [1.165, 1.54) is 0 Å². The molecule has 26 heavy (non-hydrogen) atoms. The lowest BCUT2D eigenvalue weighted by Gasteiger charge is -2.13. The van der Waals surface area contributed by atoms with E-state index in [-0.39, 0.29) is 0 Å². The van der Waals surface area contributed by atoms with Crippen LogP contribution in [-0.4, -0.2) is 14.9 Å². The Hall–Kier alpha value is -2.37. The molecule has 6 heteroatoms. The number of thiocarbonyl (C=S) groups is 1. The molecule has 1 aromatic heterocycles. The fourth-order valence-corrected chi connectivity index (χ4v) is 3.11. The molecule has 1 heterocycles. The van der Waals surface area contributed by atoms with Crippen molar-refractivity contribution in [3.8, 4) is 0 Å². The van der Waals surface area contributed by atoms with Crippen molar-refractivity contribution in [3.05, 3.63) is 76.1 Å². The molecule has 0 fully saturated rings. The molecule has 0 aliphatic rings. The van der Waals surface area contributed by atoms with Crippen LogP contribution in [0.15, 0.2) is 48.5 Å². The minimum absolute atomic E-state index is 0.552. The maximum Gasteiger partial charge on any atom is 0.175 e. The van der Waals surface area contributed by atoms with Crippen LogP contribution in [0.3, 0.4) is 0 Å². The highest BCUT2D eigenvalue weighted by molar-refractivity contribution is 7.80. The van der Waals surface area contributed by atoms with E-state index in [0.29, 0.717) is 11.7 Å². The molecule has 0 spiro atoms. The van der Waals surface area contributed by atoms with E-state index in [2.05, 4.69) is 15.7 Å². The van der Waals surface area contributed by atoms with Gasteiger partial charge in [0.1, 0.15) is 0 Å². The van der Waals surface area contributed by atoms with Gasteiger partial charge in [0.25, 0.3) is 0 Å². The predicted molar refractivity (Wildman–Crippen MR) is 113 cm³/mol. The molecule has 0 bridgehead atoms. The summed E-state index contributed by atoms with van der Waals surface area (Å²) < 4.78 is 1.97. The summed E-state index contributed by atoms with van der Waals surface area (Å²) in [5.74, 6) is 0.